The maximum absolute atomic E-state index is 5.94. The van der Waals surface area contributed by atoms with E-state index in [1.165, 1.54) is 12.8 Å². The number of para-hydroxylation sites is 2. The number of hydrogen-bond donors (Lipinski definition) is 1. The summed E-state index contributed by atoms with van der Waals surface area (Å²) in [6, 6.07) is 8.56. The molecule has 1 aromatic rings. The minimum Gasteiger partial charge on any atom is -0.486 e. The number of ether oxygens (including phenoxy) is 2. The van der Waals surface area contributed by atoms with Gasteiger partial charge in [0.2, 0.25) is 0 Å². The third-order valence-electron chi connectivity index (χ3n) is 4.32. The van der Waals surface area contributed by atoms with Crippen LogP contribution >= 0.6 is 0 Å². The van der Waals surface area contributed by atoms with E-state index in [9.17, 15) is 0 Å². The van der Waals surface area contributed by atoms with Gasteiger partial charge in [-0.25, -0.2) is 0 Å². The molecule has 0 amide bonds. The summed E-state index contributed by atoms with van der Waals surface area (Å²) in [6.45, 7) is 6.15. The van der Waals surface area contributed by atoms with Gasteiger partial charge >= 0.3 is 0 Å². The van der Waals surface area contributed by atoms with Gasteiger partial charge in [-0.05, 0) is 36.8 Å². The van der Waals surface area contributed by atoms with Crippen LogP contribution in [-0.2, 0) is 0 Å². The second-order valence-electron chi connectivity index (χ2n) is 6.08. The molecule has 1 fully saturated rings. The Bertz CT molecular complexity index is 427. The highest BCUT2D eigenvalue weighted by molar-refractivity contribution is 5.40. The van der Waals surface area contributed by atoms with E-state index in [2.05, 4.69) is 19.2 Å². The Morgan fingerprint density at radius 3 is 2.68 bits per heavy atom. The molecule has 19 heavy (non-hydrogen) atoms. The molecule has 1 aliphatic heterocycles. The fourth-order valence-corrected chi connectivity index (χ4v) is 2.83. The summed E-state index contributed by atoms with van der Waals surface area (Å²) in [5.41, 5.74) is 0. The Morgan fingerprint density at radius 2 is 1.95 bits per heavy atom. The highest BCUT2D eigenvalue weighted by Crippen LogP contribution is 2.34. The van der Waals surface area contributed by atoms with E-state index >= 15 is 0 Å². The average molecular weight is 261 g/mol. The van der Waals surface area contributed by atoms with Crippen LogP contribution in [0.4, 0.5) is 0 Å². The van der Waals surface area contributed by atoms with E-state index in [-0.39, 0.29) is 6.10 Å². The predicted octanol–water partition coefficient (Wildman–Crippen LogP) is 2.85. The first kappa shape index (κ1) is 12.8. The van der Waals surface area contributed by atoms with Crippen LogP contribution in [0.2, 0.25) is 0 Å². The molecule has 1 aromatic carbocycles. The number of benzene rings is 1. The van der Waals surface area contributed by atoms with Gasteiger partial charge in [-0.15, -0.1) is 0 Å². The van der Waals surface area contributed by atoms with Crippen molar-refractivity contribution in [2.75, 3.05) is 13.2 Å². The van der Waals surface area contributed by atoms with Crippen LogP contribution in [0.3, 0.4) is 0 Å². The summed E-state index contributed by atoms with van der Waals surface area (Å²) >= 11 is 0. The van der Waals surface area contributed by atoms with Crippen LogP contribution < -0.4 is 14.8 Å². The first-order chi connectivity index (χ1) is 9.22. The molecule has 0 aromatic heterocycles. The Morgan fingerprint density at radius 1 is 1.21 bits per heavy atom. The second-order valence-corrected chi connectivity index (χ2v) is 6.08. The smallest absolute Gasteiger partial charge is 0.161 e. The summed E-state index contributed by atoms with van der Waals surface area (Å²) < 4.78 is 11.7. The highest BCUT2D eigenvalue weighted by atomic mass is 16.6. The summed E-state index contributed by atoms with van der Waals surface area (Å²) in [4.78, 5) is 0. The van der Waals surface area contributed by atoms with Crippen LogP contribution in [-0.4, -0.2) is 25.3 Å². The first-order valence-electron chi connectivity index (χ1n) is 7.34. The number of hydrogen-bond acceptors (Lipinski definition) is 3. The molecule has 3 rings (SSSR count). The zero-order valence-electron chi connectivity index (χ0n) is 11.8. The summed E-state index contributed by atoms with van der Waals surface area (Å²) in [5.74, 6) is 3.46. The van der Waals surface area contributed by atoms with Gasteiger partial charge in [-0.2, -0.15) is 0 Å². The van der Waals surface area contributed by atoms with Gasteiger partial charge in [-0.3, -0.25) is 0 Å². The van der Waals surface area contributed by atoms with Gasteiger partial charge in [0.25, 0.3) is 0 Å². The lowest BCUT2D eigenvalue weighted by Crippen LogP contribution is -2.48. The van der Waals surface area contributed by atoms with Gasteiger partial charge in [0.1, 0.15) is 12.7 Å². The molecular weight excluding hydrogens is 238 g/mol. The minimum atomic E-state index is 0.132. The Balaban J connectivity index is 1.43. The lowest BCUT2D eigenvalue weighted by Gasteiger charge is -2.39. The maximum atomic E-state index is 5.94. The molecule has 1 aliphatic carbocycles. The molecule has 0 saturated heterocycles. The highest BCUT2D eigenvalue weighted by Gasteiger charge is 2.31. The monoisotopic (exact) mass is 261 g/mol. The standard InChI is InChI=1S/C16H23NO2/c1-11(2)12-7-13(8-12)17-9-14-10-18-15-5-3-4-6-16(15)19-14/h3-6,11-14,17H,7-10H2,1-2H3. The normalized spacial score (nSPS) is 29.1. The second kappa shape index (κ2) is 5.41. The third-order valence-corrected chi connectivity index (χ3v) is 4.32. The van der Waals surface area contributed by atoms with Gasteiger partial charge in [-0.1, -0.05) is 26.0 Å². The van der Waals surface area contributed by atoms with Crippen molar-refractivity contribution in [3.63, 3.8) is 0 Å². The van der Waals surface area contributed by atoms with Crippen molar-refractivity contribution in [2.24, 2.45) is 11.8 Å². The quantitative estimate of drug-likeness (QED) is 0.904. The molecule has 0 spiro atoms. The summed E-state index contributed by atoms with van der Waals surface area (Å²) in [5, 5.41) is 3.60. The lowest BCUT2D eigenvalue weighted by atomic mass is 9.73. The molecule has 3 nitrogen and oxygen atoms in total. The van der Waals surface area contributed by atoms with Crippen LogP contribution in [0.25, 0.3) is 0 Å². The van der Waals surface area contributed by atoms with Crippen molar-refractivity contribution < 1.29 is 9.47 Å². The van der Waals surface area contributed by atoms with E-state index in [0.717, 1.165) is 29.9 Å². The van der Waals surface area contributed by atoms with E-state index < -0.39 is 0 Å². The summed E-state index contributed by atoms with van der Waals surface area (Å²) in [7, 11) is 0. The van der Waals surface area contributed by atoms with Crippen molar-refractivity contribution >= 4 is 0 Å². The minimum absolute atomic E-state index is 0.132. The number of nitrogens with one attached hydrogen (secondary N) is 1. The van der Waals surface area contributed by atoms with Crippen molar-refractivity contribution in [2.45, 2.75) is 38.8 Å². The van der Waals surface area contributed by atoms with E-state index in [1.54, 1.807) is 0 Å². The summed E-state index contributed by atoms with van der Waals surface area (Å²) in [6.07, 6.45) is 2.75. The lowest BCUT2D eigenvalue weighted by molar-refractivity contribution is 0.0778. The average Bonchev–Trinajstić information content (AvgIpc) is 2.36. The van der Waals surface area contributed by atoms with Crippen LogP contribution in [0, 0.1) is 11.8 Å². The first-order valence-corrected chi connectivity index (χ1v) is 7.34. The van der Waals surface area contributed by atoms with Crippen LogP contribution in [0.1, 0.15) is 26.7 Å². The molecule has 3 heteroatoms. The van der Waals surface area contributed by atoms with Crippen LogP contribution in [0.5, 0.6) is 11.5 Å². The molecule has 2 aliphatic rings. The van der Waals surface area contributed by atoms with Crippen molar-refractivity contribution in [3.05, 3.63) is 24.3 Å². The molecule has 0 bridgehead atoms. The van der Waals surface area contributed by atoms with Crippen molar-refractivity contribution in [1.29, 1.82) is 0 Å². The molecule has 1 atom stereocenters. The van der Waals surface area contributed by atoms with Crippen LogP contribution in [0.15, 0.2) is 24.3 Å². The van der Waals surface area contributed by atoms with Crippen molar-refractivity contribution in [3.8, 4) is 11.5 Å². The fourth-order valence-electron chi connectivity index (χ4n) is 2.83. The van der Waals surface area contributed by atoms with Gasteiger partial charge in [0.15, 0.2) is 11.5 Å². The number of fused-ring (bicyclic) bond motifs is 1. The molecule has 1 saturated carbocycles. The SMILES string of the molecule is CC(C)C1CC(NCC2COc3ccccc3O2)C1. The Kier molecular flexibility index (Phi) is 3.65. The zero-order valence-corrected chi connectivity index (χ0v) is 11.8. The van der Waals surface area contributed by atoms with E-state index in [1.807, 2.05) is 24.3 Å². The molecule has 1 unspecified atom stereocenters. The molecule has 1 N–H and O–H groups in total. The third kappa shape index (κ3) is 2.86. The van der Waals surface area contributed by atoms with E-state index in [4.69, 9.17) is 9.47 Å². The van der Waals surface area contributed by atoms with Gasteiger partial charge in [0.05, 0.1) is 0 Å². The predicted molar refractivity (Wildman–Crippen MR) is 75.7 cm³/mol. The fraction of sp³-hybridized carbons (Fsp3) is 0.625. The van der Waals surface area contributed by atoms with E-state index in [0.29, 0.717) is 12.6 Å². The van der Waals surface area contributed by atoms with Gasteiger partial charge in [0, 0.05) is 12.6 Å². The zero-order chi connectivity index (χ0) is 13.2. The van der Waals surface area contributed by atoms with Crippen molar-refractivity contribution in [1.82, 2.24) is 5.32 Å². The molecular formula is C16H23NO2. The maximum Gasteiger partial charge on any atom is 0.161 e. The molecule has 0 radical (unpaired) electrons. The largest absolute Gasteiger partial charge is 0.486 e. The molecule has 1 heterocycles. The number of rotatable bonds is 4. The van der Waals surface area contributed by atoms with Gasteiger partial charge < -0.3 is 14.8 Å². The Labute approximate surface area is 115 Å². The molecule has 104 valence electrons. The Hall–Kier alpha value is -1.22. The topological polar surface area (TPSA) is 30.5 Å².